The fourth-order valence-electron chi connectivity index (χ4n) is 3.19. The third-order valence-electron chi connectivity index (χ3n) is 4.75. The molecular weight excluding hydrogens is 420 g/mol. The van der Waals surface area contributed by atoms with Gasteiger partial charge in [-0.1, -0.05) is 12.1 Å². The van der Waals surface area contributed by atoms with Crippen molar-refractivity contribution in [1.29, 1.82) is 0 Å². The lowest BCUT2D eigenvalue weighted by atomic mass is 10.1. The molecule has 1 N–H and O–H groups in total. The normalized spacial score (nSPS) is 12.1. The van der Waals surface area contributed by atoms with Gasteiger partial charge < -0.3 is 14.8 Å². The molecule has 0 bridgehead atoms. The van der Waals surface area contributed by atoms with Crippen molar-refractivity contribution >= 4 is 33.3 Å². The van der Waals surface area contributed by atoms with Gasteiger partial charge in [-0.15, -0.1) is 0 Å². The maximum absolute atomic E-state index is 13.0. The summed E-state index contributed by atoms with van der Waals surface area (Å²) < 4.78 is 36.6. The van der Waals surface area contributed by atoms with Crippen molar-refractivity contribution in [2.45, 2.75) is 33.7 Å². The molecule has 1 atom stereocenters. The Hall–Kier alpha value is -3.07. The second kappa shape index (κ2) is 9.82. The van der Waals surface area contributed by atoms with E-state index in [9.17, 15) is 18.0 Å². The smallest absolute Gasteiger partial charge is 0.338 e. The first-order valence-corrected chi connectivity index (χ1v) is 11.6. The monoisotopic (exact) mass is 448 g/mol. The summed E-state index contributed by atoms with van der Waals surface area (Å²) in [5, 5.41) is 2.73. The summed E-state index contributed by atoms with van der Waals surface area (Å²) in [5.74, 6) is -0.722. The molecule has 31 heavy (non-hydrogen) atoms. The first-order valence-electron chi connectivity index (χ1n) is 9.72. The summed E-state index contributed by atoms with van der Waals surface area (Å²) in [6.45, 7) is 6.93. The Morgan fingerprint density at radius 3 is 2.42 bits per heavy atom. The van der Waals surface area contributed by atoms with Crippen LogP contribution in [0, 0.1) is 13.8 Å². The average Bonchev–Trinajstić information content (AvgIpc) is 2.68. The van der Waals surface area contributed by atoms with Crippen LogP contribution >= 0.6 is 0 Å². The Balaban J connectivity index is 2.42. The molecule has 2 aromatic carbocycles. The lowest BCUT2D eigenvalue weighted by Gasteiger charge is -2.29. The Morgan fingerprint density at radius 1 is 1.16 bits per heavy atom. The van der Waals surface area contributed by atoms with Crippen LogP contribution in [0.15, 0.2) is 36.4 Å². The van der Waals surface area contributed by atoms with Crippen molar-refractivity contribution in [3.8, 4) is 5.75 Å². The maximum atomic E-state index is 13.0. The molecular formula is C22H28N2O6S. The van der Waals surface area contributed by atoms with Crippen molar-refractivity contribution in [2.24, 2.45) is 0 Å². The number of anilines is 2. The molecule has 0 heterocycles. The first kappa shape index (κ1) is 24.2. The molecule has 0 aliphatic heterocycles. The molecule has 0 saturated carbocycles. The second-order valence-corrected chi connectivity index (χ2v) is 8.96. The van der Waals surface area contributed by atoms with Gasteiger partial charge in [0.25, 0.3) is 0 Å². The largest absolute Gasteiger partial charge is 0.495 e. The molecule has 0 aliphatic rings. The second-order valence-electron chi connectivity index (χ2n) is 7.10. The Morgan fingerprint density at radius 2 is 1.84 bits per heavy atom. The number of aryl methyl sites for hydroxylation is 1. The van der Waals surface area contributed by atoms with Crippen LogP contribution in [-0.2, 0) is 19.6 Å². The van der Waals surface area contributed by atoms with E-state index in [2.05, 4.69) is 5.32 Å². The molecule has 2 aromatic rings. The van der Waals surface area contributed by atoms with Crippen LogP contribution in [0.3, 0.4) is 0 Å². The highest BCUT2D eigenvalue weighted by Crippen LogP contribution is 2.33. The van der Waals surface area contributed by atoms with E-state index in [1.807, 2.05) is 6.92 Å². The molecule has 0 spiro atoms. The van der Waals surface area contributed by atoms with E-state index in [-0.39, 0.29) is 12.3 Å². The number of rotatable bonds is 8. The summed E-state index contributed by atoms with van der Waals surface area (Å²) in [7, 11) is -2.39. The summed E-state index contributed by atoms with van der Waals surface area (Å²) in [6.07, 6.45) is 1.03. The summed E-state index contributed by atoms with van der Waals surface area (Å²) in [4.78, 5) is 25.2. The van der Waals surface area contributed by atoms with Gasteiger partial charge in [0, 0.05) is 5.69 Å². The average molecular weight is 449 g/mol. The summed E-state index contributed by atoms with van der Waals surface area (Å²) in [5.41, 5.74) is 2.33. The molecule has 9 heteroatoms. The van der Waals surface area contributed by atoms with Gasteiger partial charge in [0.05, 0.1) is 31.2 Å². The molecule has 0 aliphatic carbocycles. The van der Waals surface area contributed by atoms with Crippen LogP contribution in [0.2, 0.25) is 0 Å². The van der Waals surface area contributed by atoms with E-state index in [4.69, 9.17) is 9.47 Å². The van der Waals surface area contributed by atoms with Crippen molar-refractivity contribution in [1.82, 2.24) is 0 Å². The van der Waals surface area contributed by atoms with Crippen LogP contribution in [0.25, 0.3) is 0 Å². The van der Waals surface area contributed by atoms with Gasteiger partial charge in [-0.25, -0.2) is 13.2 Å². The summed E-state index contributed by atoms with van der Waals surface area (Å²) in [6, 6.07) is 8.87. The predicted octanol–water partition coefficient (Wildman–Crippen LogP) is 3.28. The molecule has 1 amide bonds. The minimum absolute atomic E-state index is 0.230. The third kappa shape index (κ3) is 5.55. The zero-order valence-corrected chi connectivity index (χ0v) is 19.4. The van der Waals surface area contributed by atoms with Gasteiger partial charge in [0.1, 0.15) is 11.8 Å². The Bertz CT molecular complexity index is 1080. The van der Waals surface area contributed by atoms with E-state index in [0.29, 0.717) is 22.6 Å². The molecule has 0 fully saturated rings. The number of nitrogens with one attached hydrogen (secondary N) is 1. The Kier molecular flexibility index (Phi) is 7.67. The highest BCUT2D eigenvalue weighted by atomic mass is 32.2. The van der Waals surface area contributed by atoms with Crippen molar-refractivity contribution < 1.29 is 27.5 Å². The number of carbonyl (C=O) groups excluding carboxylic acids is 2. The number of ether oxygens (including phenoxy) is 2. The van der Waals surface area contributed by atoms with Gasteiger partial charge in [0.15, 0.2) is 0 Å². The van der Waals surface area contributed by atoms with Gasteiger partial charge in [-0.05, 0) is 63.1 Å². The zero-order valence-electron chi connectivity index (χ0n) is 18.6. The van der Waals surface area contributed by atoms with Crippen molar-refractivity contribution in [3.05, 3.63) is 53.1 Å². The predicted molar refractivity (Wildman–Crippen MR) is 120 cm³/mol. The molecule has 0 saturated heterocycles. The lowest BCUT2D eigenvalue weighted by Crippen LogP contribution is -2.45. The number of amides is 1. The number of esters is 1. The van der Waals surface area contributed by atoms with Gasteiger partial charge in [0.2, 0.25) is 15.9 Å². The number of benzene rings is 2. The molecule has 1 unspecified atom stereocenters. The highest BCUT2D eigenvalue weighted by molar-refractivity contribution is 7.92. The van der Waals surface area contributed by atoms with Crippen LogP contribution < -0.4 is 14.4 Å². The fourth-order valence-corrected chi connectivity index (χ4v) is 4.36. The number of sulfonamides is 1. The molecule has 2 rings (SSSR count). The lowest BCUT2D eigenvalue weighted by molar-refractivity contribution is -0.116. The first-order chi connectivity index (χ1) is 14.5. The van der Waals surface area contributed by atoms with Crippen LogP contribution in [-0.4, -0.2) is 46.3 Å². The van der Waals surface area contributed by atoms with E-state index >= 15 is 0 Å². The third-order valence-corrected chi connectivity index (χ3v) is 5.97. The van der Waals surface area contributed by atoms with E-state index < -0.39 is 27.9 Å². The quantitative estimate of drug-likeness (QED) is 0.622. The number of hydrogen-bond acceptors (Lipinski definition) is 6. The number of carbonyl (C=O) groups is 2. The zero-order chi connectivity index (χ0) is 23.3. The molecule has 0 radical (unpaired) electrons. The minimum atomic E-state index is -3.82. The van der Waals surface area contributed by atoms with E-state index in [1.54, 1.807) is 50.2 Å². The fraction of sp³-hybridized carbons (Fsp3) is 0.364. The van der Waals surface area contributed by atoms with Crippen LogP contribution in [0.5, 0.6) is 5.75 Å². The SMILES string of the molecule is CCOC(=O)c1cccc(NC(=O)C(C)N(c2cc(C)ccc2OC)S(C)(=O)=O)c1C. The molecule has 0 aromatic heterocycles. The van der Waals surface area contributed by atoms with Crippen LogP contribution in [0.1, 0.15) is 35.3 Å². The van der Waals surface area contributed by atoms with E-state index in [1.165, 1.54) is 14.0 Å². The standard InChI is InChI=1S/C22H28N2O6S/c1-7-30-22(26)17-9-8-10-18(15(17)3)23-21(25)16(4)24(31(6,27)28)19-13-14(2)11-12-20(19)29-5/h8-13,16H,7H2,1-6H3,(H,23,25). The Labute approximate surface area is 183 Å². The maximum Gasteiger partial charge on any atom is 0.338 e. The topological polar surface area (TPSA) is 102 Å². The van der Waals surface area contributed by atoms with Gasteiger partial charge in [-0.3, -0.25) is 9.10 Å². The number of hydrogen-bond donors (Lipinski definition) is 1. The van der Waals surface area contributed by atoms with Crippen molar-refractivity contribution in [3.63, 3.8) is 0 Å². The molecule has 8 nitrogen and oxygen atoms in total. The number of nitrogens with zero attached hydrogens (tertiary/aromatic N) is 1. The van der Waals surface area contributed by atoms with Crippen molar-refractivity contribution in [2.75, 3.05) is 29.6 Å². The van der Waals surface area contributed by atoms with E-state index in [0.717, 1.165) is 16.1 Å². The van der Waals surface area contributed by atoms with Crippen LogP contribution in [0.4, 0.5) is 11.4 Å². The highest BCUT2D eigenvalue weighted by Gasteiger charge is 2.31. The van der Waals surface area contributed by atoms with Gasteiger partial charge >= 0.3 is 5.97 Å². The number of methoxy groups -OCH3 is 1. The van der Waals surface area contributed by atoms with Gasteiger partial charge in [-0.2, -0.15) is 0 Å². The minimum Gasteiger partial charge on any atom is -0.495 e. The molecule has 168 valence electrons. The summed E-state index contributed by atoms with van der Waals surface area (Å²) >= 11 is 0.